The van der Waals surface area contributed by atoms with Crippen molar-refractivity contribution in [2.24, 2.45) is 0 Å². The molecule has 152 valence electrons. The van der Waals surface area contributed by atoms with Crippen molar-refractivity contribution in [2.75, 3.05) is 13.1 Å². The lowest BCUT2D eigenvalue weighted by Gasteiger charge is -2.14. The molecule has 1 aliphatic heterocycles. The van der Waals surface area contributed by atoms with Crippen LogP contribution in [0.4, 0.5) is 0 Å². The van der Waals surface area contributed by atoms with Crippen LogP contribution in [-0.4, -0.2) is 39.1 Å². The first kappa shape index (κ1) is 20.7. The molecule has 5 nitrogen and oxygen atoms in total. The van der Waals surface area contributed by atoms with Crippen LogP contribution in [0.25, 0.3) is 17.0 Å². The third-order valence-electron chi connectivity index (χ3n) is 4.76. The molecule has 4 rings (SSSR count). The van der Waals surface area contributed by atoms with Crippen LogP contribution >= 0.6 is 35.6 Å². The Labute approximate surface area is 188 Å². The zero-order chi connectivity index (χ0) is 21.1. The number of para-hydroxylation sites is 1. The Morgan fingerprint density at radius 2 is 1.97 bits per heavy atom. The number of carbonyl (C=O) groups excluding carboxylic acids is 2. The highest BCUT2D eigenvalue weighted by atomic mass is 35.5. The highest BCUT2D eigenvalue weighted by Crippen LogP contribution is 2.33. The number of thioether (sulfide) groups is 1. The fourth-order valence-corrected chi connectivity index (χ4v) is 4.68. The van der Waals surface area contributed by atoms with Crippen molar-refractivity contribution in [1.29, 1.82) is 0 Å². The minimum absolute atomic E-state index is 0.0988. The van der Waals surface area contributed by atoms with E-state index in [4.69, 9.17) is 23.8 Å². The van der Waals surface area contributed by atoms with Gasteiger partial charge < -0.3 is 10.3 Å². The summed E-state index contributed by atoms with van der Waals surface area (Å²) in [6.07, 6.45) is 4.36. The van der Waals surface area contributed by atoms with Crippen molar-refractivity contribution in [3.63, 3.8) is 0 Å². The van der Waals surface area contributed by atoms with E-state index in [2.05, 4.69) is 16.4 Å². The summed E-state index contributed by atoms with van der Waals surface area (Å²) in [6, 6.07) is 15.3. The highest BCUT2D eigenvalue weighted by Gasteiger charge is 2.33. The summed E-state index contributed by atoms with van der Waals surface area (Å²) in [5.41, 5.74) is 2.95. The van der Waals surface area contributed by atoms with Crippen molar-refractivity contribution in [1.82, 2.24) is 15.2 Å². The van der Waals surface area contributed by atoms with E-state index >= 15 is 0 Å². The molecule has 1 saturated heterocycles. The summed E-state index contributed by atoms with van der Waals surface area (Å²) in [7, 11) is 0. The first-order valence-corrected chi connectivity index (χ1v) is 10.9. The number of amides is 2. The van der Waals surface area contributed by atoms with Crippen LogP contribution in [0.5, 0.6) is 0 Å². The first-order chi connectivity index (χ1) is 14.5. The van der Waals surface area contributed by atoms with Gasteiger partial charge in [-0.1, -0.05) is 72.0 Å². The van der Waals surface area contributed by atoms with Crippen LogP contribution in [0, 0.1) is 0 Å². The van der Waals surface area contributed by atoms with E-state index in [0.717, 1.165) is 22.0 Å². The molecule has 0 aliphatic carbocycles. The Balaban J connectivity index is 1.34. The maximum Gasteiger partial charge on any atom is 0.266 e. The number of benzene rings is 2. The third kappa shape index (κ3) is 4.43. The zero-order valence-corrected chi connectivity index (χ0v) is 18.2. The lowest BCUT2D eigenvalue weighted by Crippen LogP contribution is -2.40. The predicted molar refractivity (Wildman–Crippen MR) is 126 cm³/mol. The monoisotopic (exact) mass is 455 g/mol. The van der Waals surface area contributed by atoms with E-state index in [0.29, 0.717) is 27.2 Å². The molecular formula is C22H18ClN3O2S2. The van der Waals surface area contributed by atoms with Gasteiger partial charge in [0.05, 0.1) is 4.91 Å². The molecule has 0 bridgehead atoms. The van der Waals surface area contributed by atoms with Crippen molar-refractivity contribution in [3.05, 3.63) is 75.8 Å². The minimum Gasteiger partial charge on any atom is -0.361 e. The number of thiocarbonyl (C=S) groups is 1. The Hall–Kier alpha value is -2.61. The van der Waals surface area contributed by atoms with E-state index < -0.39 is 0 Å². The molecule has 2 amide bonds. The largest absolute Gasteiger partial charge is 0.361 e. The Kier molecular flexibility index (Phi) is 6.22. The molecule has 2 heterocycles. The standard InChI is InChI=1S/C22H18ClN3O2S2/c23-17-7-3-1-5-14(17)11-19-21(28)26(22(29)30-19)13-20(27)24-10-9-15-12-25-18-8-4-2-6-16(15)18/h1-8,11-12,25H,9-10,13H2,(H,24,27). The van der Waals surface area contributed by atoms with Gasteiger partial charge in [-0.05, 0) is 35.8 Å². The topological polar surface area (TPSA) is 65.2 Å². The molecule has 2 N–H and O–H groups in total. The van der Waals surface area contributed by atoms with E-state index in [1.54, 1.807) is 12.1 Å². The SMILES string of the molecule is O=C(CN1C(=O)C(=Cc2ccccc2Cl)SC1=S)NCCc1c[nH]c2ccccc12. The summed E-state index contributed by atoms with van der Waals surface area (Å²) < 4.78 is 0.366. The van der Waals surface area contributed by atoms with Crippen molar-refractivity contribution in [2.45, 2.75) is 6.42 Å². The number of fused-ring (bicyclic) bond motifs is 1. The van der Waals surface area contributed by atoms with E-state index in [1.807, 2.05) is 42.6 Å². The van der Waals surface area contributed by atoms with Crippen LogP contribution < -0.4 is 5.32 Å². The normalized spacial score (nSPS) is 15.4. The molecule has 0 atom stereocenters. The molecule has 0 saturated carbocycles. The number of carbonyl (C=O) groups is 2. The quantitative estimate of drug-likeness (QED) is 0.427. The maximum absolute atomic E-state index is 12.7. The van der Waals surface area contributed by atoms with E-state index in [9.17, 15) is 9.59 Å². The van der Waals surface area contributed by atoms with Crippen LogP contribution in [0.2, 0.25) is 5.02 Å². The van der Waals surface area contributed by atoms with Gasteiger partial charge in [0.15, 0.2) is 0 Å². The number of nitrogens with one attached hydrogen (secondary N) is 2. The Bertz CT molecular complexity index is 1170. The predicted octanol–water partition coefficient (Wildman–Crippen LogP) is 4.38. The van der Waals surface area contributed by atoms with Gasteiger partial charge in [0.2, 0.25) is 5.91 Å². The fourth-order valence-electron chi connectivity index (χ4n) is 3.24. The van der Waals surface area contributed by atoms with Crippen molar-refractivity contribution in [3.8, 4) is 0 Å². The molecule has 30 heavy (non-hydrogen) atoms. The maximum atomic E-state index is 12.7. The fraction of sp³-hybridized carbons (Fsp3) is 0.136. The number of H-pyrrole nitrogens is 1. The van der Waals surface area contributed by atoms with Gasteiger partial charge in [-0.2, -0.15) is 0 Å². The Morgan fingerprint density at radius 3 is 2.80 bits per heavy atom. The van der Waals surface area contributed by atoms with E-state index in [-0.39, 0.29) is 18.4 Å². The number of nitrogens with zero attached hydrogens (tertiary/aromatic N) is 1. The summed E-state index contributed by atoms with van der Waals surface area (Å²) in [5, 5.41) is 4.57. The lowest BCUT2D eigenvalue weighted by molar-refractivity contribution is -0.128. The van der Waals surface area contributed by atoms with Gasteiger partial charge in [-0.25, -0.2) is 0 Å². The molecule has 0 radical (unpaired) electrons. The molecule has 0 unspecified atom stereocenters. The van der Waals surface area contributed by atoms with Crippen molar-refractivity contribution >= 4 is 68.7 Å². The second-order valence-corrected chi connectivity index (χ2v) is 8.83. The molecule has 3 aromatic rings. The number of aromatic nitrogens is 1. The van der Waals surface area contributed by atoms with Gasteiger partial charge in [-0.15, -0.1) is 0 Å². The summed E-state index contributed by atoms with van der Waals surface area (Å²) in [4.78, 5) is 30.1. The smallest absolute Gasteiger partial charge is 0.266 e. The van der Waals surface area contributed by atoms with Crippen LogP contribution in [0.1, 0.15) is 11.1 Å². The highest BCUT2D eigenvalue weighted by molar-refractivity contribution is 8.26. The van der Waals surface area contributed by atoms with Gasteiger partial charge in [0.1, 0.15) is 10.9 Å². The number of hydrogen-bond acceptors (Lipinski definition) is 4. The number of aromatic amines is 1. The number of rotatable bonds is 6. The van der Waals surface area contributed by atoms with Crippen molar-refractivity contribution < 1.29 is 9.59 Å². The second kappa shape index (κ2) is 9.04. The van der Waals surface area contributed by atoms with Gasteiger partial charge in [-0.3, -0.25) is 14.5 Å². The minimum atomic E-state index is -0.281. The van der Waals surface area contributed by atoms with Gasteiger partial charge in [0, 0.05) is 28.7 Å². The first-order valence-electron chi connectivity index (χ1n) is 9.34. The summed E-state index contributed by atoms with van der Waals surface area (Å²) in [6.45, 7) is 0.378. The lowest BCUT2D eigenvalue weighted by atomic mass is 10.1. The second-order valence-electron chi connectivity index (χ2n) is 6.75. The van der Waals surface area contributed by atoms with Crippen LogP contribution in [0.3, 0.4) is 0 Å². The van der Waals surface area contributed by atoms with E-state index in [1.165, 1.54) is 16.7 Å². The molecule has 1 fully saturated rings. The average Bonchev–Trinajstić information content (AvgIpc) is 3.26. The molecule has 1 aromatic heterocycles. The zero-order valence-electron chi connectivity index (χ0n) is 15.9. The van der Waals surface area contributed by atoms with Gasteiger partial charge in [0.25, 0.3) is 5.91 Å². The Morgan fingerprint density at radius 1 is 1.20 bits per heavy atom. The molecule has 2 aromatic carbocycles. The average molecular weight is 456 g/mol. The number of hydrogen-bond donors (Lipinski definition) is 2. The molecule has 1 aliphatic rings. The van der Waals surface area contributed by atoms with Crippen LogP contribution in [-0.2, 0) is 16.0 Å². The number of halogens is 1. The molecular weight excluding hydrogens is 438 g/mol. The van der Waals surface area contributed by atoms with Gasteiger partial charge >= 0.3 is 0 Å². The molecule has 8 heteroatoms. The summed E-state index contributed by atoms with van der Waals surface area (Å²) >= 11 is 12.6. The summed E-state index contributed by atoms with van der Waals surface area (Å²) in [5.74, 6) is -0.526. The molecule has 0 spiro atoms. The van der Waals surface area contributed by atoms with Crippen LogP contribution in [0.15, 0.2) is 59.6 Å². The third-order valence-corrected chi connectivity index (χ3v) is 6.48.